The number of piperazine rings is 1. The minimum Gasteiger partial charge on any atom is -0.378 e. The van der Waals surface area contributed by atoms with Gasteiger partial charge < -0.3 is 19.4 Å². The largest absolute Gasteiger partial charge is 0.378 e. The van der Waals surface area contributed by atoms with Gasteiger partial charge in [0.05, 0.1) is 20.3 Å². The van der Waals surface area contributed by atoms with Crippen molar-refractivity contribution in [3.8, 4) is 0 Å². The minimum absolute atomic E-state index is 0.138. The predicted molar refractivity (Wildman–Crippen MR) is 57.9 cm³/mol. The number of carbonyl (C=O) groups is 1. The minimum atomic E-state index is 0.138. The molecular weight excluding hydrogens is 210 g/mol. The van der Waals surface area contributed by atoms with Gasteiger partial charge in [-0.15, -0.1) is 0 Å². The lowest BCUT2D eigenvalue weighted by Crippen LogP contribution is -2.54. The maximum absolute atomic E-state index is 12.1. The van der Waals surface area contributed by atoms with Crippen LogP contribution < -0.4 is 0 Å². The summed E-state index contributed by atoms with van der Waals surface area (Å²) < 4.78 is 5.23. The van der Waals surface area contributed by atoms with Crippen molar-refractivity contribution in [3.63, 3.8) is 0 Å². The Hall–Kier alpha value is -0.850. The van der Waals surface area contributed by atoms with E-state index in [1.165, 1.54) is 0 Å². The Morgan fingerprint density at radius 3 is 2.12 bits per heavy atom. The average Bonchev–Trinajstić information content (AvgIpc) is 2.39. The first-order valence-electron chi connectivity index (χ1n) is 5.72. The van der Waals surface area contributed by atoms with Crippen molar-refractivity contribution >= 4 is 6.03 Å². The average molecular weight is 229 g/mol. The molecule has 2 fully saturated rings. The predicted octanol–water partition coefficient (Wildman–Crippen LogP) is -0.382. The van der Waals surface area contributed by atoms with Gasteiger partial charge in [0, 0.05) is 39.3 Å². The summed E-state index contributed by atoms with van der Waals surface area (Å²) in [7, 11) is 1.67. The molecule has 2 amide bonds. The number of hydrogen-bond donors (Lipinski definition) is 0. The van der Waals surface area contributed by atoms with Gasteiger partial charge in [-0.1, -0.05) is 0 Å². The first-order valence-corrected chi connectivity index (χ1v) is 5.72. The lowest BCUT2D eigenvalue weighted by molar-refractivity contribution is -0.148. The zero-order valence-electron chi connectivity index (χ0n) is 9.72. The van der Waals surface area contributed by atoms with Crippen molar-refractivity contribution in [2.24, 2.45) is 0 Å². The molecular formula is C10H19N3O3. The number of nitrogens with zero attached hydrogens (tertiary/aromatic N) is 3. The van der Waals surface area contributed by atoms with E-state index in [9.17, 15) is 4.79 Å². The Kier molecular flexibility index (Phi) is 3.98. The Labute approximate surface area is 95.6 Å². The van der Waals surface area contributed by atoms with Crippen molar-refractivity contribution in [1.29, 1.82) is 0 Å². The lowest BCUT2D eigenvalue weighted by Gasteiger charge is -2.37. The molecule has 0 N–H and O–H groups in total. The van der Waals surface area contributed by atoms with Crippen LogP contribution >= 0.6 is 0 Å². The fraction of sp³-hybridized carbons (Fsp3) is 0.900. The first-order chi connectivity index (χ1) is 7.81. The van der Waals surface area contributed by atoms with Crippen molar-refractivity contribution in [2.45, 2.75) is 0 Å². The number of ether oxygens (including phenoxy) is 1. The molecule has 16 heavy (non-hydrogen) atoms. The maximum atomic E-state index is 12.1. The molecule has 0 aliphatic carbocycles. The summed E-state index contributed by atoms with van der Waals surface area (Å²) in [5.74, 6) is 0. The summed E-state index contributed by atoms with van der Waals surface area (Å²) in [5, 5.41) is 1.88. The Morgan fingerprint density at radius 1 is 1.00 bits per heavy atom. The topological polar surface area (TPSA) is 45.2 Å². The molecule has 0 unspecified atom stereocenters. The van der Waals surface area contributed by atoms with Crippen LogP contribution in [0, 0.1) is 0 Å². The fourth-order valence-electron chi connectivity index (χ4n) is 2.02. The SMILES string of the molecule is CON1CCN(C(=O)N2CCOCC2)CC1. The molecule has 2 saturated heterocycles. The number of hydroxylamine groups is 2. The van der Waals surface area contributed by atoms with Gasteiger partial charge in [0.15, 0.2) is 0 Å². The summed E-state index contributed by atoms with van der Waals surface area (Å²) in [6, 6.07) is 0.138. The normalized spacial score (nSPS) is 23.6. The summed E-state index contributed by atoms with van der Waals surface area (Å²) in [5.41, 5.74) is 0. The highest BCUT2D eigenvalue weighted by Gasteiger charge is 2.26. The second kappa shape index (κ2) is 5.47. The van der Waals surface area contributed by atoms with Crippen LogP contribution in [0.5, 0.6) is 0 Å². The zero-order chi connectivity index (χ0) is 11.4. The molecule has 2 heterocycles. The van der Waals surface area contributed by atoms with Gasteiger partial charge in [-0.05, 0) is 0 Å². The van der Waals surface area contributed by atoms with E-state index in [1.54, 1.807) is 7.11 Å². The molecule has 0 bridgehead atoms. The molecule has 0 radical (unpaired) electrons. The van der Waals surface area contributed by atoms with Crippen LogP contribution in [0.15, 0.2) is 0 Å². The monoisotopic (exact) mass is 229 g/mol. The molecule has 6 heteroatoms. The third-order valence-electron chi connectivity index (χ3n) is 3.05. The Bertz CT molecular complexity index is 235. The van der Waals surface area contributed by atoms with Crippen LogP contribution in [0.4, 0.5) is 4.79 Å². The standard InChI is InChI=1S/C10H19N3O3/c1-15-13-4-2-11(3-5-13)10(14)12-6-8-16-9-7-12/h2-9H2,1H3. The molecule has 6 nitrogen and oxygen atoms in total. The van der Waals surface area contributed by atoms with E-state index in [0.29, 0.717) is 26.3 Å². The summed E-state index contributed by atoms with van der Waals surface area (Å²) in [6.07, 6.45) is 0. The molecule has 0 aromatic rings. The Balaban J connectivity index is 1.81. The molecule has 92 valence electrons. The van der Waals surface area contributed by atoms with E-state index in [0.717, 1.165) is 26.2 Å². The maximum Gasteiger partial charge on any atom is 0.320 e. The van der Waals surface area contributed by atoms with E-state index in [2.05, 4.69) is 0 Å². The second-order valence-electron chi connectivity index (χ2n) is 3.98. The molecule has 0 aromatic carbocycles. The summed E-state index contributed by atoms with van der Waals surface area (Å²) in [6.45, 7) is 5.79. The van der Waals surface area contributed by atoms with Crippen LogP contribution in [0.25, 0.3) is 0 Å². The van der Waals surface area contributed by atoms with Crippen molar-refractivity contribution < 1.29 is 14.4 Å². The highest BCUT2D eigenvalue weighted by molar-refractivity contribution is 5.74. The van der Waals surface area contributed by atoms with Crippen molar-refractivity contribution in [2.75, 3.05) is 59.6 Å². The van der Waals surface area contributed by atoms with Crippen LogP contribution in [0.2, 0.25) is 0 Å². The van der Waals surface area contributed by atoms with Gasteiger partial charge in [-0.2, -0.15) is 5.06 Å². The molecule has 0 saturated carbocycles. The third-order valence-corrected chi connectivity index (χ3v) is 3.05. The zero-order valence-corrected chi connectivity index (χ0v) is 9.72. The van der Waals surface area contributed by atoms with Gasteiger partial charge in [0.25, 0.3) is 0 Å². The van der Waals surface area contributed by atoms with Crippen LogP contribution in [0.1, 0.15) is 0 Å². The van der Waals surface area contributed by atoms with Crippen LogP contribution in [-0.4, -0.2) is 80.5 Å². The van der Waals surface area contributed by atoms with E-state index >= 15 is 0 Å². The first kappa shape index (κ1) is 11.6. The number of rotatable bonds is 1. The molecule has 2 rings (SSSR count). The van der Waals surface area contributed by atoms with Gasteiger partial charge in [-0.3, -0.25) is 0 Å². The molecule has 0 aromatic heterocycles. The highest BCUT2D eigenvalue weighted by Crippen LogP contribution is 2.07. The molecule has 0 spiro atoms. The van der Waals surface area contributed by atoms with Crippen molar-refractivity contribution in [3.05, 3.63) is 0 Å². The van der Waals surface area contributed by atoms with E-state index in [1.807, 2.05) is 14.9 Å². The van der Waals surface area contributed by atoms with Crippen molar-refractivity contribution in [1.82, 2.24) is 14.9 Å². The number of hydrogen-bond acceptors (Lipinski definition) is 4. The molecule has 2 aliphatic rings. The Morgan fingerprint density at radius 2 is 1.56 bits per heavy atom. The number of urea groups is 1. The molecule has 0 atom stereocenters. The third kappa shape index (κ3) is 2.63. The van der Waals surface area contributed by atoms with Gasteiger partial charge >= 0.3 is 6.03 Å². The fourth-order valence-corrected chi connectivity index (χ4v) is 2.02. The van der Waals surface area contributed by atoms with Gasteiger partial charge in [0.1, 0.15) is 0 Å². The highest BCUT2D eigenvalue weighted by atomic mass is 16.7. The van der Waals surface area contributed by atoms with E-state index in [-0.39, 0.29) is 6.03 Å². The van der Waals surface area contributed by atoms with E-state index in [4.69, 9.17) is 9.57 Å². The lowest BCUT2D eigenvalue weighted by atomic mass is 10.3. The van der Waals surface area contributed by atoms with Crippen LogP contribution in [-0.2, 0) is 9.57 Å². The summed E-state index contributed by atoms with van der Waals surface area (Å²) >= 11 is 0. The smallest absolute Gasteiger partial charge is 0.320 e. The second-order valence-corrected chi connectivity index (χ2v) is 3.98. The molecule has 2 aliphatic heterocycles. The van der Waals surface area contributed by atoms with Gasteiger partial charge in [0.2, 0.25) is 0 Å². The number of carbonyl (C=O) groups excluding carboxylic acids is 1. The van der Waals surface area contributed by atoms with Gasteiger partial charge in [-0.25, -0.2) is 4.79 Å². The van der Waals surface area contributed by atoms with Crippen LogP contribution in [0.3, 0.4) is 0 Å². The number of morpholine rings is 1. The number of amides is 2. The quantitative estimate of drug-likeness (QED) is 0.615. The van der Waals surface area contributed by atoms with E-state index < -0.39 is 0 Å². The summed E-state index contributed by atoms with van der Waals surface area (Å²) in [4.78, 5) is 21.0.